The summed E-state index contributed by atoms with van der Waals surface area (Å²) in [6, 6.07) is 6.59. The fraction of sp³-hybridized carbons (Fsp3) is 0.647. The van der Waals surface area contributed by atoms with Crippen molar-refractivity contribution >= 4 is 21.6 Å². The molecule has 1 aromatic carbocycles. The zero-order chi connectivity index (χ0) is 15.1. The molecule has 1 aliphatic heterocycles. The zero-order valence-corrected chi connectivity index (χ0v) is 14.5. The van der Waals surface area contributed by atoms with Crippen molar-refractivity contribution in [3.05, 3.63) is 28.2 Å². The van der Waals surface area contributed by atoms with Crippen LogP contribution in [0, 0.1) is 5.92 Å². The van der Waals surface area contributed by atoms with E-state index in [9.17, 15) is 5.11 Å². The minimum absolute atomic E-state index is 0.309. The molecule has 1 fully saturated rings. The highest BCUT2D eigenvalue weighted by molar-refractivity contribution is 9.10. The molecule has 0 bridgehead atoms. The summed E-state index contributed by atoms with van der Waals surface area (Å²) in [5.41, 5.74) is 2.71. The highest BCUT2D eigenvalue weighted by Crippen LogP contribution is 2.29. The Morgan fingerprint density at radius 3 is 3.05 bits per heavy atom. The van der Waals surface area contributed by atoms with E-state index < -0.39 is 0 Å². The lowest BCUT2D eigenvalue weighted by atomic mass is 9.94. The molecule has 3 nitrogen and oxygen atoms in total. The van der Waals surface area contributed by atoms with Gasteiger partial charge < -0.3 is 15.3 Å². The van der Waals surface area contributed by atoms with Crippen LogP contribution in [-0.4, -0.2) is 31.3 Å². The molecule has 2 rings (SSSR count). The molecule has 1 saturated heterocycles. The average Bonchev–Trinajstić information content (AvgIpc) is 2.48. The maximum atomic E-state index is 9.17. The van der Waals surface area contributed by atoms with Crippen LogP contribution in [0.15, 0.2) is 22.7 Å². The summed E-state index contributed by atoms with van der Waals surface area (Å²) in [5.74, 6) is 0.629. The third kappa shape index (κ3) is 4.97. The van der Waals surface area contributed by atoms with Gasteiger partial charge in [-0.05, 0) is 61.9 Å². The van der Waals surface area contributed by atoms with Crippen molar-refractivity contribution in [3.8, 4) is 0 Å². The number of halogens is 1. The number of aliphatic hydroxyl groups excluding tert-OH is 1. The van der Waals surface area contributed by atoms with Gasteiger partial charge in [0.1, 0.15) is 0 Å². The molecule has 21 heavy (non-hydrogen) atoms. The number of anilines is 1. The summed E-state index contributed by atoms with van der Waals surface area (Å²) in [6.07, 6.45) is 4.56. The minimum Gasteiger partial charge on any atom is -0.396 e. The van der Waals surface area contributed by atoms with Crippen LogP contribution in [0.5, 0.6) is 0 Å². The molecule has 0 radical (unpaired) electrons. The minimum atomic E-state index is 0.309. The molecule has 0 aromatic heterocycles. The van der Waals surface area contributed by atoms with Crippen molar-refractivity contribution in [2.75, 3.05) is 31.1 Å². The van der Waals surface area contributed by atoms with Gasteiger partial charge in [-0.25, -0.2) is 0 Å². The Bertz CT molecular complexity index is 437. The van der Waals surface area contributed by atoms with Crippen LogP contribution in [0.1, 0.15) is 38.2 Å². The molecule has 0 aliphatic carbocycles. The molecule has 118 valence electrons. The standard InChI is InChI=1S/C17H27BrN2O/c1-2-8-19-12-15-11-16(18)5-6-17(15)20-9-3-4-14(13-20)7-10-21/h5-6,11,14,19,21H,2-4,7-10,12-13H2,1H3. The first-order valence-corrected chi connectivity index (χ1v) is 8.88. The second-order valence-electron chi connectivity index (χ2n) is 5.92. The summed E-state index contributed by atoms with van der Waals surface area (Å²) in [5, 5.41) is 12.7. The summed E-state index contributed by atoms with van der Waals surface area (Å²) in [6.45, 7) is 6.68. The molecular weight excluding hydrogens is 328 g/mol. The van der Waals surface area contributed by atoms with E-state index >= 15 is 0 Å². The molecule has 1 aromatic rings. The number of piperidine rings is 1. The topological polar surface area (TPSA) is 35.5 Å². The van der Waals surface area contributed by atoms with E-state index in [1.54, 1.807) is 0 Å². The summed E-state index contributed by atoms with van der Waals surface area (Å²) < 4.78 is 1.14. The molecular formula is C17H27BrN2O. The maximum absolute atomic E-state index is 9.17. The normalized spacial score (nSPS) is 19.0. The molecule has 4 heteroatoms. The van der Waals surface area contributed by atoms with E-state index in [1.165, 1.54) is 24.1 Å². The van der Waals surface area contributed by atoms with E-state index in [-0.39, 0.29) is 0 Å². The Morgan fingerprint density at radius 1 is 1.43 bits per heavy atom. The number of nitrogens with zero attached hydrogens (tertiary/aromatic N) is 1. The van der Waals surface area contributed by atoms with Crippen LogP contribution in [0.25, 0.3) is 0 Å². The van der Waals surface area contributed by atoms with Crippen molar-refractivity contribution in [3.63, 3.8) is 0 Å². The van der Waals surface area contributed by atoms with Gasteiger partial charge in [-0.3, -0.25) is 0 Å². The van der Waals surface area contributed by atoms with E-state index in [0.29, 0.717) is 12.5 Å². The lowest BCUT2D eigenvalue weighted by molar-refractivity contribution is 0.244. The van der Waals surface area contributed by atoms with Gasteiger partial charge >= 0.3 is 0 Å². The Labute approximate surface area is 136 Å². The lowest BCUT2D eigenvalue weighted by Gasteiger charge is -2.35. The van der Waals surface area contributed by atoms with Gasteiger partial charge in [0.05, 0.1) is 0 Å². The Balaban J connectivity index is 2.09. The van der Waals surface area contributed by atoms with Crippen molar-refractivity contribution in [1.82, 2.24) is 5.32 Å². The van der Waals surface area contributed by atoms with Crippen molar-refractivity contribution in [1.29, 1.82) is 0 Å². The quantitative estimate of drug-likeness (QED) is 0.735. The summed E-state index contributed by atoms with van der Waals surface area (Å²) in [7, 11) is 0. The van der Waals surface area contributed by atoms with Crippen LogP contribution in [-0.2, 0) is 6.54 Å². The van der Waals surface area contributed by atoms with Gasteiger partial charge in [-0.15, -0.1) is 0 Å². The van der Waals surface area contributed by atoms with Gasteiger partial charge in [-0.2, -0.15) is 0 Å². The van der Waals surface area contributed by atoms with E-state index in [4.69, 9.17) is 0 Å². The Hall–Kier alpha value is -0.580. The number of aliphatic hydroxyl groups is 1. The molecule has 1 heterocycles. The molecule has 2 N–H and O–H groups in total. The Kier molecular flexibility index (Phi) is 7.00. The predicted octanol–water partition coefficient (Wildman–Crippen LogP) is 3.55. The highest BCUT2D eigenvalue weighted by atomic mass is 79.9. The van der Waals surface area contributed by atoms with Crippen LogP contribution in [0.2, 0.25) is 0 Å². The van der Waals surface area contributed by atoms with Crippen molar-refractivity contribution in [2.45, 2.75) is 39.2 Å². The van der Waals surface area contributed by atoms with Crippen LogP contribution in [0.4, 0.5) is 5.69 Å². The van der Waals surface area contributed by atoms with Crippen LogP contribution >= 0.6 is 15.9 Å². The largest absolute Gasteiger partial charge is 0.396 e. The number of benzene rings is 1. The molecule has 0 spiro atoms. The van der Waals surface area contributed by atoms with Crippen molar-refractivity contribution < 1.29 is 5.11 Å². The average molecular weight is 355 g/mol. The SMILES string of the molecule is CCCNCc1cc(Br)ccc1N1CCCC(CCO)C1. The second kappa shape index (κ2) is 8.76. The first kappa shape index (κ1) is 16.8. The van der Waals surface area contributed by atoms with Gasteiger partial charge in [0.2, 0.25) is 0 Å². The first-order valence-electron chi connectivity index (χ1n) is 8.09. The van der Waals surface area contributed by atoms with E-state index in [1.807, 2.05) is 0 Å². The fourth-order valence-electron chi connectivity index (χ4n) is 3.11. The smallest absolute Gasteiger partial charge is 0.0434 e. The monoisotopic (exact) mass is 354 g/mol. The van der Waals surface area contributed by atoms with E-state index in [2.05, 4.69) is 51.3 Å². The summed E-state index contributed by atoms with van der Waals surface area (Å²) >= 11 is 3.59. The number of hydrogen-bond donors (Lipinski definition) is 2. The molecule has 1 atom stereocenters. The molecule has 1 unspecified atom stereocenters. The zero-order valence-electron chi connectivity index (χ0n) is 12.9. The Morgan fingerprint density at radius 2 is 2.29 bits per heavy atom. The molecule has 1 aliphatic rings. The predicted molar refractivity (Wildman–Crippen MR) is 92.8 cm³/mol. The molecule has 0 amide bonds. The van der Waals surface area contributed by atoms with Crippen LogP contribution < -0.4 is 10.2 Å². The number of rotatable bonds is 7. The van der Waals surface area contributed by atoms with Gasteiger partial charge in [0.15, 0.2) is 0 Å². The summed E-state index contributed by atoms with van der Waals surface area (Å²) in [4.78, 5) is 2.50. The van der Waals surface area contributed by atoms with Gasteiger partial charge in [0.25, 0.3) is 0 Å². The maximum Gasteiger partial charge on any atom is 0.0434 e. The second-order valence-corrected chi connectivity index (χ2v) is 6.83. The van der Waals surface area contributed by atoms with Crippen molar-refractivity contribution in [2.24, 2.45) is 5.92 Å². The van der Waals surface area contributed by atoms with Gasteiger partial charge in [0, 0.05) is 36.4 Å². The lowest BCUT2D eigenvalue weighted by Crippen LogP contribution is -2.36. The third-order valence-electron chi connectivity index (χ3n) is 4.18. The van der Waals surface area contributed by atoms with Gasteiger partial charge in [-0.1, -0.05) is 22.9 Å². The highest BCUT2D eigenvalue weighted by Gasteiger charge is 2.21. The third-order valence-corrected chi connectivity index (χ3v) is 4.67. The number of nitrogens with one attached hydrogen (secondary N) is 1. The number of hydrogen-bond acceptors (Lipinski definition) is 3. The van der Waals surface area contributed by atoms with Crippen LogP contribution in [0.3, 0.4) is 0 Å². The first-order chi connectivity index (χ1) is 10.2. The fourth-order valence-corrected chi connectivity index (χ4v) is 3.51. The molecule has 0 saturated carbocycles. The van der Waals surface area contributed by atoms with E-state index in [0.717, 1.165) is 43.5 Å².